The van der Waals surface area contributed by atoms with Crippen molar-refractivity contribution in [1.29, 1.82) is 0 Å². The quantitative estimate of drug-likeness (QED) is 0.943. The molecule has 1 N–H and O–H groups in total. The lowest BCUT2D eigenvalue weighted by atomic mass is 10.0. The maximum absolute atomic E-state index is 12.5. The molecular weight excluding hydrogens is 300 g/mol. The van der Waals surface area contributed by atoms with Crippen molar-refractivity contribution in [3.8, 4) is 0 Å². The van der Waals surface area contributed by atoms with E-state index in [2.05, 4.69) is 17.4 Å². The van der Waals surface area contributed by atoms with Gasteiger partial charge in [0, 0.05) is 30.8 Å². The number of carbonyl (C=O) groups is 2. The number of anilines is 2. The zero-order valence-corrected chi connectivity index (χ0v) is 13.7. The lowest BCUT2D eigenvalue weighted by Crippen LogP contribution is -2.31. The molecular formula is C20H20N2O2. The van der Waals surface area contributed by atoms with Crippen LogP contribution in [0.25, 0.3) is 0 Å². The highest BCUT2D eigenvalue weighted by Gasteiger charge is 2.43. The Morgan fingerprint density at radius 2 is 1.92 bits per heavy atom. The molecule has 1 saturated carbocycles. The van der Waals surface area contributed by atoms with Crippen LogP contribution in [-0.4, -0.2) is 18.9 Å². The first-order valence-electron chi connectivity index (χ1n) is 8.39. The molecule has 0 saturated heterocycles. The Kier molecular flexibility index (Phi) is 3.60. The van der Waals surface area contributed by atoms with Crippen molar-refractivity contribution < 1.29 is 9.59 Å². The second kappa shape index (κ2) is 5.78. The molecule has 4 nitrogen and oxygen atoms in total. The molecule has 0 unspecified atom stereocenters. The van der Waals surface area contributed by atoms with Crippen LogP contribution in [0.15, 0.2) is 48.5 Å². The Labute approximate surface area is 141 Å². The molecule has 24 heavy (non-hydrogen) atoms. The van der Waals surface area contributed by atoms with Crippen molar-refractivity contribution in [1.82, 2.24) is 0 Å². The van der Waals surface area contributed by atoms with Gasteiger partial charge in [-0.2, -0.15) is 0 Å². The van der Waals surface area contributed by atoms with Crippen LogP contribution in [-0.2, 0) is 16.0 Å². The number of nitrogens with zero attached hydrogens (tertiary/aromatic N) is 1. The van der Waals surface area contributed by atoms with Gasteiger partial charge in [-0.05, 0) is 48.1 Å². The maximum atomic E-state index is 12.5. The molecule has 2 atom stereocenters. The summed E-state index contributed by atoms with van der Waals surface area (Å²) in [6.07, 6.45) is 2.18. The van der Waals surface area contributed by atoms with Crippen LogP contribution in [0.1, 0.15) is 29.9 Å². The summed E-state index contributed by atoms with van der Waals surface area (Å²) in [7, 11) is 1.80. The number of amides is 2. The fourth-order valence-corrected chi connectivity index (χ4v) is 3.52. The highest BCUT2D eigenvalue weighted by atomic mass is 16.2. The van der Waals surface area contributed by atoms with Gasteiger partial charge in [-0.25, -0.2) is 0 Å². The largest absolute Gasteiger partial charge is 0.326 e. The van der Waals surface area contributed by atoms with Gasteiger partial charge in [0.15, 0.2) is 0 Å². The highest BCUT2D eigenvalue weighted by Crippen LogP contribution is 2.48. The van der Waals surface area contributed by atoms with E-state index in [1.165, 1.54) is 5.56 Å². The summed E-state index contributed by atoms with van der Waals surface area (Å²) in [5.74, 6) is 0.632. The van der Waals surface area contributed by atoms with E-state index in [1.807, 2.05) is 36.4 Å². The Hall–Kier alpha value is -2.62. The van der Waals surface area contributed by atoms with Crippen LogP contribution in [0.3, 0.4) is 0 Å². The minimum atomic E-state index is 0.0627. The molecule has 1 heterocycles. The zero-order valence-electron chi connectivity index (χ0n) is 13.7. The van der Waals surface area contributed by atoms with E-state index < -0.39 is 0 Å². The van der Waals surface area contributed by atoms with E-state index in [-0.39, 0.29) is 17.7 Å². The molecule has 1 fully saturated rings. The van der Waals surface area contributed by atoms with Gasteiger partial charge in [0.05, 0.1) is 0 Å². The molecule has 2 aromatic rings. The molecule has 1 aliphatic carbocycles. The molecule has 4 rings (SSSR count). The minimum Gasteiger partial charge on any atom is -0.326 e. The second-order valence-electron chi connectivity index (χ2n) is 6.64. The Bertz CT molecular complexity index is 801. The van der Waals surface area contributed by atoms with Gasteiger partial charge in [0.1, 0.15) is 0 Å². The predicted molar refractivity (Wildman–Crippen MR) is 94.1 cm³/mol. The third-order valence-corrected chi connectivity index (χ3v) is 5.05. The number of fused-ring (bicyclic) bond motifs is 1. The molecule has 4 heteroatoms. The number of benzene rings is 2. The fraction of sp³-hybridized carbons (Fsp3) is 0.300. The van der Waals surface area contributed by atoms with E-state index in [9.17, 15) is 9.59 Å². The van der Waals surface area contributed by atoms with Crippen LogP contribution < -0.4 is 10.2 Å². The summed E-state index contributed by atoms with van der Waals surface area (Å²) in [4.78, 5) is 25.9. The Morgan fingerprint density at radius 3 is 2.71 bits per heavy atom. The van der Waals surface area contributed by atoms with Gasteiger partial charge in [-0.1, -0.05) is 30.3 Å². The molecule has 0 bridgehead atoms. The van der Waals surface area contributed by atoms with Crippen LogP contribution in [0.5, 0.6) is 0 Å². The van der Waals surface area contributed by atoms with Gasteiger partial charge in [0.2, 0.25) is 11.8 Å². The van der Waals surface area contributed by atoms with Crippen molar-refractivity contribution in [2.75, 3.05) is 17.3 Å². The summed E-state index contributed by atoms with van der Waals surface area (Å²) in [5, 5.41) is 3.04. The van der Waals surface area contributed by atoms with Gasteiger partial charge in [0.25, 0.3) is 0 Å². The summed E-state index contributed by atoms with van der Waals surface area (Å²) >= 11 is 0. The van der Waals surface area contributed by atoms with E-state index in [4.69, 9.17) is 0 Å². The number of carbonyl (C=O) groups excluding carboxylic acids is 2. The predicted octanol–water partition coefficient (Wildman–Crippen LogP) is 3.34. The number of rotatable bonds is 3. The first-order chi connectivity index (χ1) is 11.6. The number of aryl methyl sites for hydroxylation is 1. The minimum absolute atomic E-state index is 0.0627. The standard InChI is InChI=1S/C20H20N2O2/c1-22-18-9-8-15(11-14(18)7-10-19(22)23)21-20(24)17-12-16(17)13-5-3-2-4-6-13/h2-6,8-9,11,16-17H,7,10,12H2,1H3,(H,21,24)/t16-,17-/m1/s1. The molecule has 1 aliphatic heterocycles. The van der Waals surface area contributed by atoms with Crippen molar-refractivity contribution in [3.63, 3.8) is 0 Å². The summed E-state index contributed by atoms with van der Waals surface area (Å²) in [5.41, 5.74) is 4.12. The lowest BCUT2D eigenvalue weighted by Gasteiger charge is -2.26. The van der Waals surface area contributed by atoms with E-state index in [0.717, 1.165) is 29.8 Å². The van der Waals surface area contributed by atoms with Crippen LogP contribution >= 0.6 is 0 Å². The third kappa shape index (κ3) is 2.68. The van der Waals surface area contributed by atoms with Gasteiger partial charge >= 0.3 is 0 Å². The summed E-state index contributed by atoms with van der Waals surface area (Å²) < 4.78 is 0. The molecule has 2 aliphatic rings. The van der Waals surface area contributed by atoms with Gasteiger partial charge in [-0.15, -0.1) is 0 Å². The second-order valence-corrected chi connectivity index (χ2v) is 6.64. The average Bonchev–Trinajstić information content (AvgIpc) is 3.40. The average molecular weight is 320 g/mol. The fourth-order valence-electron chi connectivity index (χ4n) is 3.52. The SMILES string of the molecule is CN1C(=O)CCc2cc(NC(=O)[C@@H]3C[C@@H]3c3ccccc3)ccc21. The van der Waals surface area contributed by atoms with Crippen LogP contribution in [0.4, 0.5) is 11.4 Å². The lowest BCUT2D eigenvalue weighted by molar-refractivity contribution is -0.119. The van der Waals surface area contributed by atoms with Crippen molar-refractivity contribution in [2.45, 2.75) is 25.2 Å². The Balaban J connectivity index is 1.45. The summed E-state index contributed by atoms with van der Waals surface area (Å²) in [6, 6.07) is 16.0. The normalized spacial score (nSPS) is 22.0. The van der Waals surface area contributed by atoms with Gasteiger partial charge in [-0.3, -0.25) is 9.59 Å². The van der Waals surface area contributed by atoms with Gasteiger partial charge < -0.3 is 10.2 Å². The first kappa shape index (κ1) is 14.9. The molecule has 122 valence electrons. The monoisotopic (exact) mass is 320 g/mol. The molecule has 0 radical (unpaired) electrons. The third-order valence-electron chi connectivity index (χ3n) is 5.05. The van der Waals surface area contributed by atoms with Crippen LogP contribution in [0.2, 0.25) is 0 Å². The van der Waals surface area contributed by atoms with Crippen molar-refractivity contribution in [2.24, 2.45) is 5.92 Å². The van der Waals surface area contributed by atoms with E-state index >= 15 is 0 Å². The molecule has 0 spiro atoms. The number of hydrogen-bond acceptors (Lipinski definition) is 2. The first-order valence-corrected chi connectivity index (χ1v) is 8.39. The molecule has 2 aromatic carbocycles. The summed E-state index contributed by atoms with van der Waals surface area (Å²) in [6.45, 7) is 0. The Morgan fingerprint density at radius 1 is 1.12 bits per heavy atom. The zero-order chi connectivity index (χ0) is 16.7. The highest BCUT2D eigenvalue weighted by molar-refractivity contribution is 5.98. The van der Waals surface area contributed by atoms with Crippen molar-refractivity contribution >= 4 is 23.2 Å². The smallest absolute Gasteiger partial charge is 0.228 e. The van der Waals surface area contributed by atoms with Crippen LogP contribution in [0, 0.1) is 5.92 Å². The van der Waals surface area contributed by atoms with Crippen molar-refractivity contribution in [3.05, 3.63) is 59.7 Å². The van der Waals surface area contributed by atoms with E-state index in [0.29, 0.717) is 12.3 Å². The number of hydrogen-bond donors (Lipinski definition) is 1. The topological polar surface area (TPSA) is 49.4 Å². The number of nitrogens with one attached hydrogen (secondary N) is 1. The molecule has 2 amide bonds. The molecule has 0 aromatic heterocycles. The maximum Gasteiger partial charge on any atom is 0.228 e. The van der Waals surface area contributed by atoms with E-state index in [1.54, 1.807) is 11.9 Å².